The van der Waals surface area contributed by atoms with Gasteiger partial charge in [-0.05, 0) is 23.6 Å². The molecule has 3 heterocycles. The number of fused-ring (bicyclic) bond motifs is 1. The minimum atomic E-state index is -0.356. The van der Waals surface area contributed by atoms with Crippen molar-refractivity contribution in [1.82, 2.24) is 20.6 Å². The van der Waals surface area contributed by atoms with Gasteiger partial charge in [0.05, 0.1) is 16.8 Å². The van der Waals surface area contributed by atoms with Gasteiger partial charge in [-0.3, -0.25) is 9.89 Å². The molecule has 0 fully saturated rings. The first-order chi connectivity index (χ1) is 11.8. The highest BCUT2D eigenvalue weighted by Crippen LogP contribution is 2.22. The van der Waals surface area contributed by atoms with Crippen LogP contribution < -0.4 is 5.43 Å². The zero-order valence-electron chi connectivity index (χ0n) is 12.5. The molecule has 4 rings (SSSR count). The number of amides is 1. The van der Waals surface area contributed by atoms with Crippen LogP contribution in [0, 0.1) is 0 Å². The molecular weight excluding hydrogens is 322 g/mol. The van der Waals surface area contributed by atoms with E-state index in [-0.39, 0.29) is 5.91 Å². The minimum Gasteiger partial charge on any atom is -0.361 e. The Kier molecular flexibility index (Phi) is 3.68. The topological polar surface area (TPSA) is 85.9 Å². The third-order valence-corrected chi connectivity index (χ3v) is 4.49. The molecule has 6 nitrogen and oxygen atoms in total. The Labute approximate surface area is 141 Å². The molecule has 1 amide bonds. The zero-order chi connectivity index (χ0) is 16.4. The van der Waals surface area contributed by atoms with Crippen LogP contribution in [0.2, 0.25) is 0 Å². The van der Waals surface area contributed by atoms with Gasteiger partial charge in [0.25, 0.3) is 5.91 Å². The summed E-state index contributed by atoms with van der Waals surface area (Å²) in [7, 11) is 0. The maximum absolute atomic E-state index is 12.1. The van der Waals surface area contributed by atoms with Crippen molar-refractivity contribution in [1.29, 1.82) is 0 Å². The molecule has 0 bridgehead atoms. The number of para-hydroxylation sites is 1. The van der Waals surface area contributed by atoms with Crippen molar-refractivity contribution in [3.63, 3.8) is 0 Å². The first-order valence-corrected chi connectivity index (χ1v) is 8.18. The van der Waals surface area contributed by atoms with Gasteiger partial charge in [0, 0.05) is 22.7 Å². The van der Waals surface area contributed by atoms with Gasteiger partial charge in [0.2, 0.25) is 0 Å². The third-order valence-electron chi connectivity index (χ3n) is 3.59. The van der Waals surface area contributed by atoms with Crippen LogP contribution in [-0.4, -0.2) is 27.3 Å². The number of carbonyl (C=O) groups excluding carboxylic acids is 1. The summed E-state index contributed by atoms with van der Waals surface area (Å²) >= 11 is 1.58. The first kappa shape index (κ1) is 14.4. The predicted molar refractivity (Wildman–Crippen MR) is 95.3 cm³/mol. The second kappa shape index (κ2) is 6.13. The first-order valence-electron chi connectivity index (χ1n) is 7.30. The lowest BCUT2D eigenvalue weighted by molar-refractivity contribution is 0.0950. The molecule has 0 radical (unpaired) electrons. The lowest BCUT2D eigenvalue weighted by atomic mass is 10.2. The van der Waals surface area contributed by atoms with E-state index in [0.717, 1.165) is 27.0 Å². The van der Waals surface area contributed by atoms with E-state index in [4.69, 9.17) is 0 Å². The molecule has 1 aromatic carbocycles. The summed E-state index contributed by atoms with van der Waals surface area (Å²) < 4.78 is 0. The van der Waals surface area contributed by atoms with Gasteiger partial charge in [-0.2, -0.15) is 10.2 Å². The summed E-state index contributed by atoms with van der Waals surface area (Å²) in [6, 6.07) is 13.5. The Balaban J connectivity index is 1.47. The highest BCUT2D eigenvalue weighted by atomic mass is 32.1. The number of thiophene rings is 1. The van der Waals surface area contributed by atoms with Gasteiger partial charge in [-0.15, -0.1) is 11.3 Å². The van der Waals surface area contributed by atoms with Gasteiger partial charge >= 0.3 is 0 Å². The quantitative estimate of drug-likeness (QED) is 0.394. The van der Waals surface area contributed by atoms with Crippen LogP contribution in [0.3, 0.4) is 0 Å². The highest BCUT2D eigenvalue weighted by molar-refractivity contribution is 7.13. The lowest BCUT2D eigenvalue weighted by Gasteiger charge is -1.94. The maximum atomic E-state index is 12.1. The second-order valence-corrected chi connectivity index (χ2v) is 6.08. The number of rotatable bonds is 4. The van der Waals surface area contributed by atoms with Crippen molar-refractivity contribution in [2.75, 3.05) is 0 Å². The molecule has 4 aromatic rings. The second-order valence-electron chi connectivity index (χ2n) is 5.13. The molecular formula is C17H13N5OS. The van der Waals surface area contributed by atoms with Gasteiger partial charge in [0.15, 0.2) is 5.69 Å². The number of hydrogen-bond acceptors (Lipinski definition) is 4. The van der Waals surface area contributed by atoms with Crippen LogP contribution in [0.4, 0.5) is 0 Å². The predicted octanol–water partition coefficient (Wildman–Crippen LogP) is 3.38. The number of hydrogen-bond donors (Lipinski definition) is 3. The molecule has 0 atom stereocenters. The molecule has 0 saturated heterocycles. The highest BCUT2D eigenvalue weighted by Gasteiger charge is 2.11. The number of nitrogens with one attached hydrogen (secondary N) is 3. The Morgan fingerprint density at radius 2 is 2.17 bits per heavy atom. The van der Waals surface area contributed by atoms with Crippen molar-refractivity contribution >= 4 is 34.4 Å². The number of nitrogens with zero attached hydrogens (tertiary/aromatic N) is 2. The molecule has 0 spiro atoms. The van der Waals surface area contributed by atoms with Crippen LogP contribution in [-0.2, 0) is 0 Å². The van der Waals surface area contributed by atoms with E-state index >= 15 is 0 Å². The molecule has 0 saturated carbocycles. The number of aromatic amines is 2. The molecule has 3 aromatic heterocycles. The van der Waals surface area contributed by atoms with Crippen LogP contribution in [0.1, 0.15) is 16.1 Å². The van der Waals surface area contributed by atoms with Crippen molar-refractivity contribution in [2.24, 2.45) is 5.10 Å². The minimum absolute atomic E-state index is 0.300. The number of benzene rings is 1. The largest absolute Gasteiger partial charge is 0.361 e. The zero-order valence-corrected chi connectivity index (χ0v) is 13.3. The average molecular weight is 335 g/mol. The van der Waals surface area contributed by atoms with E-state index in [2.05, 4.69) is 25.7 Å². The Morgan fingerprint density at radius 3 is 3.04 bits per heavy atom. The Morgan fingerprint density at radius 1 is 1.25 bits per heavy atom. The van der Waals surface area contributed by atoms with Crippen LogP contribution in [0.5, 0.6) is 0 Å². The monoisotopic (exact) mass is 335 g/mol. The van der Waals surface area contributed by atoms with Gasteiger partial charge < -0.3 is 4.98 Å². The fraction of sp³-hybridized carbons (Fsp3) is 0. The van der Waals surface area contributed by atoms with E-state index < -0.39 is 0 Å². The summed E-state index contributed by atoms with van der Waals surface area (Å²) in [5.41, 5.74) is 5.55. The SMILES string of the molecule is O=C(N/N=C/c1c[nH]c2ccccc12)c1cc(-c2cccs2)[nH]n1. The van der Waals surface area contributed by atoms with Crippen molar-refractivity contribution in [3.8, 4) is 10.6 Å². The molecule has 0 aliphatic heterocycles. The summed E-state index contributed by atoms with van der Waals surface area (Å²) in [6.45, 7) is 0. The normalized spacial score (nSPS) is 11.3. The van der Waals surface area contributed by atoms with E-state index in [1.807, 2.05) is 48.0 Å². The van der Waals surface area contributed by atoms with Gasteiger partial charge in [0.1, 0.15) is 0 Å². The number of aromatic nitrogens is 3. The molecule has 24 heavy (non-hydrogen) atoms. The summed E-state index contributed by atoms with van der Waals surface area (Å²) in [6.07, 6.45) is 3.47. The maximum Gasteiger partial charge on any atom is 0.291 e. The van der Waals surface area contributed by atoms with Crippen LogP contribution >= 0.6 is 11.3 Å². The van der Waals surface area contributed by atoms with Crippen LogP contribution in [0.25, 0.3) is 21.5 Å². The van der Waals surface area contributed by atoms with Crippen molar-refractivity contribution < 1.29 is 4.79 Å². The lowest BCUT2D eigenvalue weighted by Crippen LogP contribution is -2.17. The van der Waals surface area contributed by atoms with E-state index in [1.54, 1.807) is 23.6 Å². The van der Waals surface area contributed by atoms with Crippen molar-refractivity contribution in [2.45, 2.75) is 0 Å². The van der Waals surface area contributed by atoms with Crippen LogP contribution in [0.15, 0.2) is 59.1 Å². The fourth-order valence-electron chi connectivity index (χ4n) is 2.41. The number of H-pyrrole nitrogens is 2. The standard InChI is InChI=1S/C17H13N5OS/c23-17(15-8-14(20-21-15)16-6-3-7-24-16)22-19-10-11-9-18-13-5-2-1-4-12(11)13/h1-10,18H,(H,20,21)(H,22,23)/b19-10+. The average Bonchev–Trinajstić information content (AvgIpc) is 3.35. The van der Waals surface area contributed by atoms with E-state index in [1.165, 1.54) is 0 Å². The molecule has 118 valence electrons. The molecule has 0 aliphatic rings. The summed E-state index contributed by atoms with van der Waals surface area (Å²) in [5, 5.41) is 13.9. The molecule has 0 aliphatic carbocycles. The Bertz CT molecular complexity index is 1010. The number of hydrazone groups is 1. The van der Waals surface area contributed by atoms with Gasteiger partial charge in [-0.1, -0.05) is 24.3 Å². The molecule has 7 heteroatoms. The third kappa shape index (κ3) is 2.72. The smallest absolute Gasteiger partial charge is 0.291 e. The van der Waals surface area contributed by atoms with E-state index in [0.29, 0.717) is 5.69 Å². The van der Waals surface area contributed by atoms with E-state index in [9.17, 15) is 4.79 Å². The summed E-state index contributed by atoms with van der Waals surface area (Å²) in [5.74, 6) is -0.356. The molecule has 0 unspecified atom stereocenters. The fourth-order valence-corrected chi connectivity index (χ4v) is 3.11. The van der Waals surface area contributed by atoms with Crippen molar-refractivity contribution in [3.05, 3.63) is 65.3 Å². The summed E-state index contributed by atoms with van der Waals surface area (Å²) in [4.78, 5) is 16.3. The molecule has 3 N–H and O–H groups in total. The van der Waals surface area contributed by atoms with Gasteiger partial charge in [-0.25, -0.2) is 5.43 Å². The number of carbonyl (C=O) groups is 1. The Hall–Kier alpha value is -3.19.